The molecule has 1 rings (SSSR count). The Balaban J connectivity index is 2.70. The van der Waals surface area contributed by atoms with Crippen molar-refractivity contribution in [2.45, 2.75) is 39.2 Å². The lowest BCUT2D eigenvalue weighted by Gasteiger charge is -2.27. The number of hydrogen-bond donors (Lipinski definition) is 1. The smallest absolute Gasteiger partial charge is 0.326 e. The molecule has 1 amide bonds. The standard InChI is InChI=1S/C10H17NO3/c1-3-6-11(7(2)12)9(10(13)14)8-4-5-8/h8-9H,3-6H2,1-2H3,(H,13,14). The zero-order valence-corrected chi connectivity index (χ0v) is 8.69. The van der Waals surface area contributed by atoms with E-state index in [1.807, 2.05) is 6.92 Å². The molecular formula is C10H17NO3. The summed E-state index contributed by atoms with van der Waals surface area (Å²) in [5.74, 6) is -0.815. The molecule has 0 radical (unpaired) electrons. The monoisotopic (exact) mass is 199 g/mol. The van der Waals surface area contributed by atoms with Crippen LogP contribution in [-0.4, -0.2) is 34.5 Å². The van der Waals surface area contributed by atoms with E-state index < -0.39 is 12.0 Å². The fourth-order valence-corrected chi connectivity index (χ4v) is 1.73. The molecule has 80 valence electrons. The summed E-state index contributed by atoms with van der Waals surface area (Å²) in [5.41, 5.74) is 0. The van der Waals surface area contributed by atoms with Crippen LogP contribution >= 0.6 is 0 Å². The van der Waals surface area contributed by atoms with Gasteiger partial charge in [0.15, 0.2) is 0 Å². The molecule has 0 spiro atoms. The lowest BCUT2D eigenvalue weighted by atomic mass is 10.1. The van der Waals surface area contributed by atoms with Gasteiger partial charge in [0.25, 0.3) is 0 Å². The van der Waals surface area contributed by atoms with Crippen molar-refractivity contribution in [3.05, 3.63) is 0 Å². The quantitative estimate of drug-likeness (QED) is 0.721. The van der Waals surface area contributed by atoms with E-state index in [2.05, 4.69) is 0 Å². The number of carbonyl (C=O) groups excluding carboxylic acids is 1. The Morgan fingerprint density at radius 1 is 1.50 bits per heavy atom. The van der Waals surface area contributed by atoms with Crippen molar-refractivity contribution in [2.24, 2.45) is 5.92 Å². The Hall–Kier alpha value is -1.06. The van der Waals surface area contributed by atoms with E-state index in [1.54, 1.807) is 0 Å². The molecule has 0 aromatic carbocycles. The van der Waals surface area contributed by atoms with Gasteiger partial charge < -0.3 is 10.0 Å². The minimum atomic E-state index is -0.865. The normalized spacial score (nSPS) is 17.6. The highest BCUT2D eigenvalue weighted by Gasteiger charge is 2.40. The van der Waals surface area contributed by atoms with Gasteiger partial charge in [-0.15, -0.1) is 0 Å². The number of aliphatic carboxylic acids is 1. The van der Waals surface area contributed by atoms with Crippen molar-refractivity contribution < 1.29 is 14.7 Å². The van der Waals surface area contributed by atoms with Crippen molar-refractivity contribution in [3.63, 3.8) is 0 Å². The molecule has 1 fully saturated rings. The van der Waals surface area contributed by atoms with E-state index in [0.717, 1.165) is 19.3 Å². The molecule has 0 saturated heterocycles. The second-order valence-electron chi connectivity index (χ2n) is 3.83. The number of amides is 1. The van der Waals surface area contributed by atoms with Gasteiger partial charge in [0.2, 0.25) is 5.91 Å². The van der Waals surface area contributed by atoms with Crippen LogP contribution in [0.3, 0.4) is 0 Å². The van der Waals surface area contributed by atoms with Crippen LogP contribution in [0, 0.1) is 5.92 Å². The zero-order chi connectivity index (χ0) is 10.7. The average Bonchev–Trinajstić information content (AvgIpc) is 2.86. The van der Waals surface area contributed by atoms with Crippen molar-refractivity contribution in [3.8, 4) is 0 Å². The first-order valence-corrected chi connectivity index (χ1v) is 5.08. The lowest BCUT2D eigenvalue weighted by Crippen LogP contribution is -2.45. The molecule has 0 aromatic heterocycles. The van der Waals surface area contributed by atoms with Gasteiger partial charge in [-0.3, -0.25) is 4.79 Å². The molecule has 0 bridgehead atoms. The highest BCUT2D eigenvalue weighted by atomic mass is 16.4. The Bertz CT molecular complexity index is 236. The predicted octanol–water partition coefficient (Wildman–Crippen LogP) is 1.11. The Labute approximate surface area is 83.9 Å². The molecule has 4 heteroatoms. The second kappa shape index (κ2) is 4.44. The fourth-order valence-electron chi connectivity index (χ4n) is 1.73. The number of rotatable bonds is 5. The van der Waals surface area contributed by atoms with E-state index in [0.29, 0.717) is 6.54 Å². The van der Waals surface area contributed by atoms with Crippen LogP contribution in [0.5, 0.6) is 0 Å². The summed E-state index contributed by atoms with van der Waals surface area (Å²) in [5, 5.41) is 9.04. The van der Waals surface area contributed by atoms with Gasteiger partial charge in [-0.05, 0) is 25.2 Å². The number of carboxylic acid groups (broad SMARTS) is 1. The zero-order valence-electron chi connectivity index (χ0n) is 8.69. The average molecular weight is 199 g/mol. The maximum atomic E-state index is 11.3. The summed E-state index contributed by atoms with van der Waals surface area (Å²) in [6, 6.07) is -0.590. The van der Waals surface area contributed by atoms with Crippen LogP contribution in [0.2, 0.25) is 0 Å². The van der Waals surface area contributed by atoms with Gasteiger partial charge in [-0.1, -0.05) is 6.92 Å². The van der Waals surface area contributed by atoms with E-state index in [-0.39, 0.29) is 11.8 Å². The topological polar surface area (TPSA) is 57.6 Å². The Kier molecular flexibility index (Phi) is 3.49. The first kappa shape index (κ1) is 11.0. The maximum Gasteiger partial charge on any atom is 0.326 e. The predicted molar refractivity (Wildman–Crippen MR) is 51.8 cm³/mol. The molecule has 1 unspecified atom stereocenters. The van der Waals surface area contributed by atoms with Crippen molar-refractivity contribution >= 4 is 11.9 Å². The summed E-state index contributed by atoms with van der Waals surface area (Å²) in [7, 11) is 0. The molecule has 1 saturated carbocycles. The van der Waals surface area contributed by atoms with Gasteiger partial charge in [-0.25, -0.2) is 4.79 Å². The van der Waals surface area contributed by atoms with Crippen molar-refractivity contribution in [1.29, 1.82) is 0 Å². The summed E-state index contributed by atoms with van der Waals surface area (Å²) in [4.78, 5) is 23.8. The summed E-state index contributed by atoms with van der Waals surface area (Å²) in [6.45, 7) is 3.93. The molecular weight excluding hydrogens is 182 g/mol. The molecule has 0 heterocycles. The highest BCUT2D eigenvalue weighted by Crippen LogP contribution is 2.35. The molecule has 1 atom stereocenters. The first-order valence-electron chi connectivity index (χ1n) is 5.08. The van der Waals surface area contributed by atoms with E-state index in [4.69, 9.17) is 5.11 Å². The maximum absolute atomic E-state index is 11.3. The van der Waals surface area contributed by atoms with Crippen LogP contribution in [0.1, 0.15) is 33.1 Å². The molecule has 1 aliphatic rings. The van der Waals surface area contributed by atoms with E-state index in [1.165, 1.54) is 11.8 Å². The third kappa shape index (κ3) is 2.47. The minimum Gasteiger partial charge on any atom is -0.480 e. The third-order valence-electron chi connectivity index (χ3n) is 2.53. The summed E-state index contributed by atoms with van der Waals surface area (Å²) >= 11 is 0. The van der Waals surface area contributed by atoms with E-state index >= 15 is 0 Å². The molecule has 4 nitrogen and oxygen atoms in total. The number of carbonyl (C=O) groups is 2. The van der Waals surface area contributed by atoms with Crippen LogP contribution in [0.15, 0.2) is 0 Å². The van der Waals surface area contributed by atoms with Crippen LogP contribution in [0.4, 0.5) is 0 Å². The fraction of sp³-hybridized carbons (Fsp3) is 0.800. The molecule has 1 aliphatic carbocycles. The minimum absolute atomic E-state index is 0.133. The Morgan fingerprint density at radius 2 is 2.07 bits per heavy atom. The van der Waals surface area contributed by atoms with E-state index in [9.17, 15) is 9.59 Å². The van der Waals surface area contributed by atoms with Gasteiger partial charge in [0.05, 0.1) is 0 Å². The van der Waals surface area contributed by atoms with Gasteiger partial charge in [-0.2, -0.15) is 0 Å². The Morgan fingerprint density at radius 3 is 2.36 bits per heavy atom. The summed E-state index contributed by atoms with van der Waals surface area (Å²) < 4.78 is 0. The van der Waals surface area contributed by atoms with Gasteiger partial charge in [0, 0.05) is 13.5 Å². The molecule has 0 aliphatic heterocycles. The molecule has 14 heavy (non-hydrogen) atoms. The van der Waals surface area contributed by atoms with Gasteiger partial charge >= 0.3 is 5.97 Å². The molecule has 0 aromatic rings. The summed E-state index contributed by atoms with van der Waals surface area (Å²) in [6.07, 6.45) is 2.67. The second-order valence-corrected chi connectivity index (χ2v) is 3.83. The molecule has 1 N–H and O–H groups in total. The largest absolute Gasteiger partial charge is 0.480 e. The third-order valence-corrected chi connectivity index (χ3v) is 2.53. The SMILES string of the molecule is CCCN(C(C)=O)C(C(=O)O)C1CC1. The lowest BCUT2D eigenvalue weighted by molar-refractivity contribution is -0.150. The van der Waals surface area contributed by atoms with Gasteiger partial charge in [0.1, 0.15) is 6.04 Å². The van der Waals surface area contributed by atoms with Crippen LogP contribution in [-0.2, 0) is 9.59 Å². The van der Waals surface area contributed by atoms with Crippen molar-refractivity contribution in [2.75, 3.05) is 6.54 Å². The number of carboxylic acids is 1. The van der Waals surface area contributed by atoms with Crippen LogP contribution < -0.4 is 0 Å². The number of hydrogen-bond acceptors (Lipinski definition) is 2. The van der Waals surface area contributed by atoms with Crippen molar-refractivity contribution in [1.82, 2.24) is 4.90 Å². The number of nitrogens with zero attached hydrogens (tertiary/aromatic N) is 1. The first-order chi connectivity index (χ1) is 6.57. The van der Waals surface area contributed by atoms with Crippen LogP contribution in [0.25, 0.3) is 0 Å². The highest BCUT2D eigenvalue weighted by molar-refractivity contribution is 5.82.